The number of hydrogen-bond acceptors (Lipinski definition) is 4. The van der Waals surface area contributed by atoms with Crippen LogP contribution in [0.25, 0.3) is 6.08 Å². The summed E-state index contributed by atoms with van der Waals surface area (Å²) in [5.41, 5.74) is 2.24. The monoisotopic (exact) mass is 378 g/mol. The highest BCUT2D eigenvalue weighted by Crippen LogP contribution is 2.24. The molecule has 0 unspecified atom stereocenters. The maximum absolute atomic E-state index is 11.9. The summed E-state index contributed by atoms with van der Waals surface area (Å²) < 4.78 is 10.8. The van der Waals surface area contributed by atoms with Crippen LogP contribution in [0.15, 0.2) is 54.6 Å². The lowest BCUT2D eigenvalue weighted by molar-refractivity contribution is -0.116. The van der Waals surface area contributed by atoms with Crippen molar-refractivity contribution in [2.24, 2.45) is 0 Å². The molecule has 2 aromatic carbocycles. The number of carbonyl (C=O) groups is 1. The van der Waals surface area contributed by atoms with E-state index in [1.165, 1.54) is 11.6 Å². The molecule has 0 atom stereocenters. The highest BCUT2D eigenvalue weighted by molar-refractivity contribution is 5.91. The number of nitrogens with one attached hydrogen (secondary N) is 1. The summed E-state index contributed by atoms with van der Waals surface area (Å²) in [6, 6.07) is 17.1. The quantitative estimate of drug-likeness (QED) is 0.555. The summed E-state index contributed by atoms with van der Waals surface area (Å²) in [5, 5.41) is 11.3. The standard InChI is InChI=1S/C23H26N2O3/c1-23(2,3)19-7-11-21(12-8-19)28-17-15-25-22(26)13-6-18-4-9-20(10-5-18)27-16-14-24/h4-13H,15-17H2,1-3H3,(H,25,26)/b13-6+. The van der Waals surface area contributed by atoms with E-state index < -0.39 is 0 Å². The molecule has 0 spiro atoms. The van der Waals surface area contributed by atoms with Gasteiger partial charge >= 0.3 is 0 Å². The summed E-state index contributed by atoms with van der Waals surface area (Å²) in [6.07, 6.45) is 3.19. The molecule has 1 N–H and O–H groups in total. The fourth-order valence-electron chi connectivity index (χ4n) is 2.42. The van der Waals surface area contributed by atoms with E-state index in [1.54, 1.807) is 18.2 Å². The van der Waals surface area contributed by atoms with Crippen LogP contribution in [0.1, 0.15) is 31.9 Å². The minimum atomic E-state index is -0.184. The first-order valence-electron chi connectivity index (χ1n) is 9.17. The molecule has 0 radical (unpaired) electrons. The fraction of sp³-hybridized carbons (Fsp3) is 0.304. The first kappa shape index (κ1) is 21.0. The number of nitriles is 1. The predicted molar refractivity (Wildman–Crippen MR) is 110 cm³/mol. The Balaban J connectivity index is 1.71. The van der Waals surface area contributed by atoms with Gasteiger partial charge in [-0.1, -0.05) is 45.0 Å². The zero-order valence-corrected chi connectivity index (χ0v) is 16.6. The van der Waals surface area contributed by atoms with Crippen molar-refractivity contribution in [2.75, 3.05) is 19.8 Å². The molecule has 146 valence electrons. The predicted octanol–water partition coefficient (Wildman–Crippen LogP) is 4.09. The van der Waals surface area contributed by atoms with E-state index in [-0.39, 0.29) is 17.9 Å². The largest absolute Gasteiger partial charge is 0.492 e. The Morgan fingerprint density at radius 1 is 1.04 bits per heavy atom. The van der Waals surface area contributed by atoms with E-state index >= 15 is 0 Å². The van der Waals surface area contributed by atoms with E-state index in [0.717, 1.165) is 11.3 Å². The molecule has 5 heteroatoms. The molecule has 0 aliphatic heterocycles. The summed E-state index contributed by atoms with van der Waals surface area (Å²) in [4.78, 5) is 11.9. The molecule has 5 nitrogen and oxygen atoms in total. The molecule has 0 bridgehead atoms. The molecule has 0 fully saturated rings. The Morgan fingerprint density at radius 2 is 1.64 bits per heavy atom. The fourth-order valence-corrected chi connectivity index (χ4v) is 2.42. The molecule has 28 heavy (non-hydrogen) atoms. The number of rotatable bonds is 8. The van der Waals surface area contributed by atoms with Crippen molar-refractivity contribution < 1.29 is 14.3 Å². The lowest BCUT2D eigenvalue weighted by atomic mass is 9.87. The van der Waals surface area contributed by atoms with E-state index in [4.69, 9.17) is 14.7 Å². The lowest BCUT2D eigenvalue weighted by Gasteiger charge is -2.19. The normalized spacial score (nSPS) is 11.1. The first-order valence-corrected chi connectivity index (χ1v) is 9.17. The molecule has 0 heterocycles. The van der Waals surface area contributed by atoms with Crippen LogP contribution in [0.3, 0.4) is 0 Å². The zero-order chi connectivity index (χ0) is 20.4. The lowest BCUT2D eigenvalue weighted by Crippen LogP contribution is -2.26. The van der Waals surface area contributed by atoms with Crippen LogP contribution in [0, 0.1) is 11.3 Å². The smallest absolute Gasteiger partial charge is 0.244 e. The zero-order valence-electron chi connectivity index (χ0n) is 16.6. The molecule has 0 aromatic heterocycles. The van der Waals surface area contributed by atoms with Crippen molar-refractivity contribution in [3.63, 3.8) is 0 Å². The maximum atomic E-state index is 11.9. The van der Waals surface area contributed by atoms with Gasteiger partial charge in [-0.3, -0.25) is 4.79 Å². The summed E-state index contributed by atoms with van der Waals surface area (Å²) in [7, 11) is 0. The van der Waals surface area contributed by atoms with Gasteiger partial charge in [0.05, 0.1) is 6.54 Å². The Bertz CT molecular complexity index is 826. The van der Waals surface area contributed by atoms with E-state index in [1.807, 2.05) is 30.3 Å². The molecule has 1 amide bonds. The van der Waals surface area contributed by atoms with Gasteiger partial charge in [-0.05, 0) is 46.9 Å². The Labute approximate surface area is 166 Å². The van der Waals surface area contributed by atoms with Gasteiger partial charge in [-0.15, -0.1) is 0 Å². The molecule has 0 saturated heterocycles. The van der Waals surface area contributed by atoms with Crippen molar-refractivity contribution in [3.8, 4) is 17.6 Å². The van der Waals surface area contributed by atoms with E-state index in [2.05, 4.69) is 38.2 Å². The van der Waals surface area contributed by atoms with Crippen LogP contribution in [-0.2, 0) is 10.2 Å². The Morgan fingerprint density at radius 3 is 2.25 bits per heavy atom. The Hall–Kier alpha value is -3.26. The van der Waals surface area contributed by atoms with Crippen molar-refractivity contribution in [2.45, 2.75) is 26.2 Å². The third kappa shape index (κ3) is 7.16. The topological polar surface area (TPSA) is 71.3 Å². The van der Waals surface area contributed by atoms with Gasteiger partial charge in [0, 0.05) is 6.08 Å². The van der Waals surface area contributed by atoms with Gasteiger partial charge in [0.1, 0.15) is 24.2 Å². The van der Waals surface area contributed by atoms with Gasteiger partial charge in [-0.25, -0.2) is 0 Å². The van der Waals surface area contributed by atoms with Crippen LogP contribution >= 0.6 is 0 Å². The number of benzene rings is 2. The summed E-state index contributed by atoms with van der Waals surface area (Å²) >= 11 is 0. The van der Waals surface area contributed by atoms with E-state index in [9.17, 15) is 4.79 Å². The number of hydrogen-bond donors (Lipinski definition) is 1. The van der Waals surface area contributed by atoms with Gasteiger partial charge < -0.3 is 14.8 Å². The number of ether oxygens (including phenoxy) is 2. The minimum Gasteiger partial charge on any atom is -0.492 e. The van der Waals surface area contributed by atoms with Gasteiger partial charge in [-0.2, -0.15) is 5.26 Å². The van der Waals surface area contributed by atoms with Crippen molar-refractivity contribution in [1.82, 2.24) is 5.32 Å². The average Bonchev–Trinajstić information content (AvgIpc) is 2.68. The van der Waals surface area contributed by atoms with Crippen LogP contribution in [0.5, 0.6) is 11.5 Å². The molecular weight excluding hydrogens is 352 g/mol. The molecular formula is C23H26N2O3. The number of amides is 1. The number of nitrogens with zero attached hydrogens (tertiary/aromatic N) is 1. The van der Waals surface area contributed by atoms with Crippen molar-refractivity contribution in [3.05, 3.63) is 65.7 Å². The molecule has 2 rings (SSSR count). The van der Waals surface area contributed by atoms with E-state index in [0.29, 0.717) is 18.9 Å². The number of carbonyl (C=O) groups excluding carboxylic acids is 1. The summed E-state index contributed by atoms with van der Waals surface area (Å²) in [6.45, 7) is 7.35. The second-order valence-electron chi connectivity index (χ2n) is 7.26. The van der Waals surface area contributed by atoms with Gasteiger partial charge in [0.15, 0.2) is 6.61 Å². The first-order chi connectivity index (χ1) is 13.4. The van der Waals surface area contributed by atoms with Crippen LogP contribution in [0.4, 0.5) is 0 Å². The molecule has 2 aromatic rings. The minimum absolute atomic E-state index is 0.0143. The highest BCUT2D eigenvalue weighted by atomic mass is 16.5. The third-order valence-corrected chi connectivity index (χ3v) is 4.00. The summed E-state index contributed by atoms with van der Waals surface area (Å²) in [5.74, 6) is 1.23. The average molecular weight is 378 g/mol. The van der Waals surface area contributed by atoms with Crippen LogP contribution in [0.2, 0.25) is 0 Å². The van der Waals surface area contributed by atoms with Crippen molar-refractivity contribution >= 4 is 12.0 Å². The van der Waals surface area contributed by atoms with Crippen LogP contribution in [-0.4, -0.2) is 25.7 Å². The second kappa shape index (κ2) is 10.2. The SMILES string of the molecule is CC(C)(C)c1ccc(OCCNC(=O)/C=C/c2ccc(OCC#N)cc2)cc1. The molecule has 0 aliphatic rings. The maximum Gasteiger partial charge on any atom is 0.244 e. The van der Waals surface area contributed by atoms with Crippen LogP contribution < -0.4 is 14.8 Å². The third-order valence-electron chi connectivity index (χ3n) is 4.00. The molecule has 0 aliphatic carbocycles. The van der Waals surface area contributed by atoms with Crippen molar-refractivity contribution in [1.29, 1.82) is 5.26 Å². The highest BCUT2D eigenvalue weighted by Gasteiger charge is 2.12. The molecule has 0 saturated carbocycles. The van der Waals surface area contributed by atoms with Gasteiger partial charge in [0.25, 0.3) is 0 Å². The Kier molecular flexibility index (Phi) is 7.65. The van der Waals surface area contributed by atoms with Gasteiger partial charge in [0.2, 0.25) is 5.91 Å². The second-order valence-corrected chi connectivity index (χ2v) is 7.26.